The molecule has 3 nitrogen and oxygen atoms in total. The van der Waals surface area contributed by atoms with Crippen LogP contribution in [-0.4, -0.2) is 10.6 Å². The maximum Gasteiger partial charge on any atom is 0.176 e. The first-order valence-electron chi connectivity index (χ1n) is 8.77. The van der Waals surface area contributed by atoms with Crippen LogP contribution in [0, 0.1) is 13.8 Å². The molecule has 0 aliphatic carbocycles. The third-order valence-electron chi connectivity index (χ3n) is 4.85. The molecule has 0 aliphatic rings. The van der Waals surface area contributed by atoms with Gasteiger partial charge in [-0.15, -0.1) is 0 Å². The van der Waals surface area contributed by atoms with Crippen LogP contribution in [0.4, 0.5) is 0 Å². The minimum Gasteiger partial charge on any atom is -1.00 e. The number of benzene rings is 2. The van der Waals surface area contributed by atoms with E-state index in [1.165, 1.54) is 38.2 Å². The number of pyridine rings is 1. The second-order valence-corrected chi connectivity index (χ2v) is 7.98. The van der Waals surface area contributed by atoms with Crippen molar-refractivity contribution in [3.05, 3.63) is 47.8 Å². The van der Waals surface area contributed by atoms with Crippen LogP contribution in [0.2, 0.25) is 0 Å². The van der Waals surface area contributed by atoms with Gasteiger partial charge in [-0.1, -0.05) is 0 Å². The van der Waals surface area contributed by atoms with Gasteiger partial charge in [0.1, 0.15) is 18.4 Å². The zero-order valence-corrected chi connectivity index (χ0v) is 18.4. The van der Waals surface area contributed by atoms with E-state index in [1.807, 2.05) is 6.07 Å². The van der Waals surface area contributed by atoms with Crippen molar-refractivity contribution in [3.8, 4) is 5.75 Å². The lowest BCUT2D eigenvalue weighted by Crippen LogP contribution is -3.00. The summed E-state index contributed by atoms with van der Waals surface area (Å²) >= 11 is 0. The molecule has 0 amide bonds. The summed E-state index contributed by atoms with van der Waals surface area (Å²) in [6.45, 7) is 10.7. The number of fused-ring (bicyclic) bond motifs is 4. The average Bonchev–Trinajstić information content (AvgIpc) is 2.90. The number of ether oxygens (including phenoxy) is 1. The lowest BCUT2D eigenvalue weighted by atomic mass is 9.97. The summed E-state index contributed by atoms with van der Waals surface area (Å²) in [5, 5.41) is 5.13. The van der Waals surface area contributed by atoms with Crippen LogP contribution in [0.5, 0.6) is 5.75 Å². The third kappa shape index (κ3) is 3.04. The van der Waals surface area contributed by atoms with Gasteiger partial charge in [-0.25, -0.2) is 4.57 Å². The van der Waals surface area contributed by atoms with Gasteiger partial charge in [0.2, 0.25) is 0 Å². The van der Waals surface area contributed by atoms with Crippen molar-refractivity contribution in [3.63, 3.8) is 0 Å². The molecule has 4 aromatic rings. The van der Waals surface area contributed by atoms with Crippen LogP contribution in [0.15, 0.2) is 36.7 Å². The Balaban J connectivity index is 0.00000196. The second kappa shape index (κ2) is 6.41. The Morgan fingerprint density at radius 3 is 2.38 bits per heavy atom. The van der Waals surface area contributed by atoms with E-state index < -0.39 is 0 Å². The molecule has 0 radical (unpaired) electrons. The first kappa shape index (κ1) is 19.0. The number of aromatic amines is 1. The van der Waals surface area contributed by atoms with E-state index in [-0.39, 0.29) is 29.6 Å². The van der Waals surface area contributed by atoms with Gasteiger partial charge in [0.05, 0.1) is 5.52 Å². The highest BCUT2D eigenvalue weighted by Crippen LogP contribution is 2.37. The van der Waals surface area contributed by atoms with Crippen molar-refractivity contribution in [1.82, 2.24) is 4.98 Å². The molecular weight excluding hydrogens is 435 g/mol. The van der Waals surface area contributed by atoms with Crippen LogP contribution in [-0.2, 0) is 7.05 Å². The summed E-state index contributed by atoms with van der Waals surface area (Å²) in [4.78, 5) is 3.62. The van der Waals surface area contributed by atoms with Crippen LogP contribution in [0.25, 0.3) is 32.6 Å². The van der Waals surface area contributed by atoms with Gasteiger partial charge in [-0.05, 0) is 69.3 Å². The van der Waals surface area contributed by atoms with E-state index in [2.05, 4.69) is 81.8 Å². The number of H-pyrrole nitrogens is 1. The Labute approximate surface area is 171 Å². The molecule has 1 N–H and O–H groups in total. The number of hydrogen-bond acceptors (Lipinski definition) is 1. The molecule has 136 valence electrons. The quantitative estimate of drug-likeness (QED) is 0.342. The van der Waals surface area contributed by atoms with Crippen LogP contribution in [0.1, 0.15) is 31.9 Å². The van der Waals surface area contributed by atoms with Crippen LogP contribution in [0.3, 0.4) is 0 Å². The van der Waals surface area contributed by atoms with Gasteiger partial charge in [-0.3, -0.25) is 0 Å². The van der Waals surface area contributed by atoms with Crippen LogP contribution >= 0.6 is 0 Å². The SMILES string of the molecule is Cc1c2cc[n+](C)cc2c(C)c2c1[nH]c1ccc(OC(C)(C)C)cc12.[I-]. The highest BCUT2D eigenvalue weighted by molar-refractivity contribution is 6.16. The second-order valence-electron chi connectivity index (χ2n) is 7.98. The molecule has 0 atom stereocenters. The van der Waals surface area contributed by atoms with Crippen molar-refractivity contribution in [2.24, 2.45) is 7.05 Å². The normalized spacial score (nSPS) is 11.9. The number of rotatable bonds is 1. The highest BCUT2D eigenvalue weighted by Gasteiger charge is 2.17. The Bertz CT molecular complexity index is 1140. The molecule has 2 aromatic carbocycles. The van der Waals surface area contributed by atoms with E-state index in [0.29, 0.717) is 0 Å². The molecular formula is C22H25IN2O. The minimum absolute atomic E-state index is 0. The number of nitrogens with zero attached hydrogens (tertiary/aromatic N) is 1. The van der Waals surface area contributed by atoms with E-state index in [4.69, 9.17) is 4.74 Å². The van der Waals surface area contributed by atoms with E-state index in [9.17, 15) is 0 Å². The summed E-state index contributed by atoms with van der Waals surface area (Å²) in [5.74, 6) is 0.914. The number of nitrogens with one attached hydrogen (secondary N) is 1. The number of hydrogen-bond donors (Lipinski definition) is 1. The summed E-state index contributed by atoms with van der Waals surface area (Å²) in [6.07, 6.45) is 4.32. The molecule has 0 aliphatic heterocycles. The van der Waals surface area contributed by atoms with Gasteiger partial charge >= 0.3 is 0 Å². The summed E-state index contributed by atoms with van der Waals surface area (Å²) in [7, 11) is 2.07. The van der Waals surface area contributed by atoms with Gasteiger partial charge in [-0.2, -0.15) is 0 Å². The first-order valence-corrected chi connectivity index (χ1v) is 8.77. The Hall–Kier alpha value is -1.82. The van der Waals surface area contributed by atoms with Gasteiger partial charge < -0.3 is 33.7 Å². The Morgan fingerprint density at radius 1 is 0.962 bits per heavy atom. The fraction of sp³-hybridized carbons (Fsp3) is 0.318. The van der Waals surface area contributed by atoms with Crippen molar-refractivity contribution in [2.45, 2.75) is 40.2 Å². The number of aryl methyl sites for hydroxylation is 3. The Morgan fingerprint density at radius 2 is 1.69 bits per heavy atom. The fourth-order valence-corrected chi connectivity index (χ4v) is 3.75. The highest BCUT2D eigenvalue weighted by atomic mass is 127. The summed E-state index contributed by atoms with van der Waals surface area (Å²) < 4.78 is 8.20. The lowest BCUT2D eigenvalue weighted by molar-refractivity contribution is -0.670. The number of aromatic nitrogens is 2. The summed E-state index contributed by atoms with van der Waals surface area (Å²) in [5.41, 5.74) is 4.78. The minimum atomic E-state index is -0.203. The molecule has 4 heteroatoms. The average molecular weight is 460 g/mol. The van der Waals surface area contributed by atoms with Crippen molar-refractivity contribution < 1.29 is 33.3 Å². The van der Waals surface area contributed by atoms with Gasteiger partial charge in [0.15, 0.2) is 12.4 Å². The molecule has 0 saturated carbocycles. The molecule has 2 aromatic heterocycles. The zero-order chi connectivity index (χ0) is 17.9. The number of halogens is 1. The monoisotopic (exact) mass is 460 g/mol. The fourth-order valence-electron chi connectivity index (χ4n) is 3.75. The van der Waals surface area contributed by atoms with Gasteiger partial charge in [0.25, 0.3) is 0 Å². The molecule has 0 spiro atoms. The standard InChI is InChI=1S/C22H24N2O.HI/c1-13-18-12-24(6)10-9-16(18)14(2)21-20(13)17-11-15(25-22(3,4)5)7-8-19(17)23-21;/h7-12H,1-6H3;1H. The lowest BCUT2D eigenvalue weighted by Gasteiger charge is -2.21. The topological polar surface area (TPSA) is 28.9 Å². The maximum absolute atomic E-state index is 6.09. The molecule has 0 unspecified atom stereocenters. The van der Waals surface area contributed by atoms with Crippen LogP contribution < -0.4 is 33.3 Å². The molecule has 0 saturated heterocycles. The Kier molecular flexibility index (Phi) is 4.67. The van der Waals surface area contributed by atoms with E-state index in [1.54, 1.807) is 0 Å². The molecule has 0 bridgehead atoms. The van der Waals surface area contributed by atoms with Gasteiger partial charge in [0, 0.05) is 27.7 Å². The molecule has 26 heavy (non-hydrogen) atoms. The van der Waals surface area contributed by atoms with Crippen molar-refractivity contribution >= 4 is 32.6 Å². The predicted octanol–water partition coefficient (Wildman–Crippen LogP) is 2.10. The third-order valence-corrected chi connectivity index (χ3v) is 4.85. The molecule has 2 heterocycles. The van der Waals surface area contributed by atoms with Crippen molar-refractivity contribution in [2.75, 3.05) is 0 Å². The zero-order valence-electron chi connectivity index (χ0n) is 16.2. The predicted molar refractivity (Wildman–Crippen MR) is 104 cm³/mol. The molecule has 4 rings (SSSR count). The van der Waals surface area contributed by atoms with Crippen molar-refractivity contribution in [1.29, 1.82) is 0 Å². The van der Waals surface area contributed by atoms with E-state index >= 15 is 0 Å². The first-order chi connectivity index (χ1) is 11.7. The maximum atomic E-state index is 6.09. The molecule has 0 fully saturated rings. The smallest absolute Gasteiger partial charge is 0.176 e. The largest absolute Gasteiger partial charge is 1.00 e. The summed E-state index contributed by atoms with van der Waals surface area (Å²) in [6, 6.07) is 8.55. The van der Waals surface area contributed by atoms with E-state index in [0.717, 1.165) is 11.3 Å².